The number of carboxylic acids is 1. The van der Waals surface area contributed by atoms with Crippen LogP contribution in [0.25, 0.3) is 10.9 Å². The summed E-state index contributed by atoms with van der Waals surface area (Å²) in [7, 11) is 1.65. The van der Waals surface area contributed by atoms with E-state index in [-0.39, 0.29) is 0 Å². The van der Waals surface area contributed by atoms with Crippen LogP contribution in [0.4, 0.5) is 0 Å². The smallest absolute Gasteiger partial charge is 0.309 e. The van der Waals surface area contributed by atoms with Crippen LogP contribution < -0.4 is 4.74 Å². The quantitative estimate of drug-likeness (QED) is 0.910. The number of carbonyl (C=O) groups is 1. The first-order valence-corrected chi connectivity index (χ1v) is 6.78. The van der Waals surface area contributed by atoms with Gasteiger partial charge in [-0.05, 0) is 39.0 Å². The Bertz CT molecular complexity index is 640. The Labute approximate surface area is 119 Å². The maximum absolute atomic E-state index is 11.3. The molecule has 0 aliphatic rings. The van der Waals surface area contributed by atoms with Crippen molar-refractivity contribution < 1.29 is 14.6 Å². The van der Waals surface area contributed by atoms with E-state index in [0.29, 0.717) is 6.42 Å². The van der Waals surface area contributed by atoms with Crippen LogP contribution in [0.2, 0.25) is 0 Å². The van der Waals surface area contributed by atoms with Gasteiger partial charge in [0, 0.05) is 30.1 Å². The summed E-state index contributed by atoms with van der Waals surface area (Å²) in [5.41, 5.74) is 1.36. The summed E-state index contributed by atoms with van der Waals surface area (Å²) in [4.78, 5) is 11.3. The first-order valence-electron chi connectivity index (χ1n) is 6.78. The van der Waals surface area contributed by atoms with Crippen LogP contribution in [0.5, 0.6) is 5.75 Å². The largest absolute Gasteiger partial charge is 0.497 e. The van der Waals surface area contributed by atoms with Crippen LogP contribution in [0, 0.1) is 5.41 Å². The van der Waals surface area contributed by atoms with Crippen LogP contribution in [-0.2, 0) is 17.8 Å². The normalized spacial score (nSPS) is 11.8. The number of ether oxygens (including phenoxy) is 1. The SMILES string of the molecule is CCn1c(CC(C)(C)C(=O)O)cc2ccc(OC)cc21. The Morgan fingerprint density at radius 2 is 2.05 bits per heavy atom. The third-order valence-electron chi connectivity index (χ3n) is 3.72. The van der Waals surface area contributed by atoms with E-state index in [2.05, 4.69) is 17.6 Å². The number of carboxylic acid groups (broad SMARTS) is 1. The van der Waals surface area contributed by atoms with Crippen LogP contribution in [0.3, 0.4) is 0 Å². The minimum atomic E-state index is -0.775. The molecule has 0 amide bonds. The van der Waals surface area contributed by atoms with Gasteiger partial charge >= 0.3 is 5.97 Å². The molecule has 0 spiro atoms. The summed E-state index contributed by atoms with van der Waals surface area (Å²) in [6.45, 7) is 6.39. The van der Waals surface area contributed by atoms with Crippen LogP contribution in [0.1, 0.15) is 26.5 Å². The highest BCUT2D eigenvalue weighted by Gasteiger charge is 2.29. The van der Waals surface area contributed by atoms with E-state index >= 15 is 0 Å². The van der Waals surface area contributed by atoms with Gasteiger partial charge in [0.05, 0.1) is 18.0 Å². The van der Waals surface area contributed by atoms with Gasteiger partial charge in [0.15, 0.2) is 0 Å². The molecule has 4 heteroatoms. The Morgan fingerprint density at radius 1 is 1.35 bits per heavy atom. The fourth-order valence-corrected chi connectivity index (χ4v) is 2.47. The summed E-state index contributed by atoms with van der Waals surface area (Å²) < 4.78 is 7.42. The second kappa shape index (κ2) is 5.19. The first-order chi connectivity index (χ1) is 9.39. The molecule has 0 bridgehead atoms. The second-order valence-corrected chi connectivity index (χ2v) is 5.67. The van der Waals surface area contributed by atoms with E-state index < -0.39 is 11.4 Å². The summed E-state index contributed by atoms with van der Waals surface area (Å²) in [6, 6.07) is 8.01. The lowest BCUT2D eigenvalue weighted by atomic mass is 9.88. The number of hydrogen-bond acceptors (Lipinski definition) is 2. The van der Waals surface area contributed by atoms with Gasteiger partial charge in [0.1, 0.15) is 5.75 Å². The molecule has 0 unspecified atom stereocenters. The van der Waals surface area contributed by atoms with E-state index in [0.717, 1.165) is 28.9 Å². The van der Waals surface area contributed by atoms with E-state index in [1.54, 1.807) is 21.0 Å². The minimum absolute atomic E-state index is 0.507. The number of aromatic nitrogens is 1. The van der Waals surface area contributed by atoms with Gasteiger partial charge in [0.25, 0.3) is 0 Å². The number of benzene rings is 1. The standard InChI is InChI=1S/C16H21NO3/c1-5-17-12(10-16(2,3)15(18)19)8-11-6-7-13(20-4)9-14(11)17/h6-9H,5,10H2,1-4H3,(H,18,19). The Hall–Kier alpha value is -1.97. The molecule has 0 saturated heterocycles. The number of methoxy groups -OCH3 is 1. The fourth-order valence-electron chi connectivity index (χ4n) is 2.47. The fraction of sp³-hybridized carbons (Fsp3) is 0.438. The van der Waals surface area contributed by atoms with E-state index in [1.165, 1.54) is 0 Å². The molecule has 0 fully saturated rings. The summed E-state index contributed by atoms with van der Waals surface area (Å²) in [5.74, 6) is 0.0392. The lowest BCUT2D eigenvalue weighted by Gasteiger charge is -2.20. The number of aliphatic carboxylic acids is 1. The zero-order chi connectivity index (χ0) is 14.9. The molecule has 1 aromatic heterocycles. The lowest BCUT2D eigenvalue weighted by Crippen LogP contribution is -2.27. The Morgan fingerprint density at radius 3 is 2.60 bits per heavy atom. The van der Waals surface area contributed by atoms with Crippen LogP contribution in [-0.4, -0.2) is 22.8 Å². The summed E-state index contributed by atoms with van der Waals surface area (Å²) >= 11 is 0. The van der Waals surface area contributed by atoms with Gasteiger partial charge in [-0.1, -0.05) is 0 Å². The Kier molecular flexibility index (Phi) is 3.75. The average molecular weight is 275 g/mol. The van der Waals surface area contributed by atoms with Crippen molar-refractivity contribution in [2.75, 3.05) is 7.11 Å². The third kappa shape index (κ3) is 2.50. The van der Waals surface area contributed by atoms with Gasteiger partial charge in [0.2, 0.25) is 0 Å². The number of hydrogen-bond donors (Lipinski definition) is 1. The summed E-state index contributed by atoms with van der Waals surface area (Å²) in [5, 5.41) is 10.4. The van der Waals surface area contributed by atoms with Crippen molar-refractivity contribution in [2.45, 2.75) is 33.7 Å². The van der Waals surface area contributed by atoms with E-state index in [1.807, 2.05) is 18.2 Å². The second-order valence-electron chi connectivity index (χ2n) is 5.67. The predicted molar refractivity (Wildman–Crippen MR) is 79.3 cm³/mol. The van der Waals surface area contributed by atoms with E-state index in [4.69, 9.17) is 4.74 Å². The van der Waals surface area contributed by atoms with Crippen molar-refractivity contribution in [3.05, 3.63) is 30.0 Å². The maximum atomic E-state index is 11.3. The molecule has 20 heavy (non-hydrogen) atoms. The lowest BCUT2D eigenvalue weighted by molar-refractivity contribution is -0.146. The number of fused-ring (bicyclic) bond motifs is 1. The molecule has 1 aromatic carbocycles. The van der Waals surface area contributed by atoms with Crippen molar-refractivity contribution in [2.24, 2.45) is 5.41 Å². The van der Waals surface area contributed by atoms with Crippen molar-refractivity contribution in [3.8, 4) is 5.75 Å². The first kappa shape index (κ1) is 14.4. The third-order valence-corrected chi connectivity index (χ3v) is 3.72. The monoisotopic (exact) mass is 275 g/mol. The number of rotatable bonds is 5. The molecule has 4 nitrogen and oxygen atoms in total. The van der Waals surface area contributed by atoms with Gasteiger partial charge in [-0.2, -0.15) is 0 Å². The average Bonchev–Trinajstić information content (AvgIpc) is 2.73. The highest BCUT2D eigenvalue weighted by molar-refractivity contribution is 5.83. The van der Waals surface area contributed by atoms with Gasteiger partial charge in [-0.3, -0.25) is 4.79 Å². The van der Waals surface area contributed by atoms with E-state index in [9.17, 15) is 9.90 Å². The highest BCUT2D eigenvalue weighted by Crippen LogP contribution is 2.29. The van der Waals surface area contributed by atoms with Crippen molar-refractivity contribution in [1.29, 1.82) is 0 Å². The van der Waals surface area contributed by atoms with Gasteiger partial charge in [-0.25, -0.2) is 0 Å². The number of nitrogens with zero attached hydrogens (tertiary/aromatic N) is 1. The molecule has 0 atom stereocenters. The topological polar surface area (TPSA) is 51.5 Å². The molecule has 1 N–H and O–H groups in total. The predicted octanol–water partition coefficient (Wildman–Crippen LogP) is 3.32. The van der Waals surface area contributed by atoms with Gasteiger partial charge < -0.3 is 14.4 Å². The molecule has 0 aliphatic heterocycles. The molecular formula is C16H21NO3. The number of aryl methyl sites for hydroxylation is 1. The van der Waals surface area contributed by atoms with Crippen LogP contribution in [0.15, 0.2) is 24.3 Å². The summed E-state index contributed by atoms with van der Waals surface area (Å²) in [6.07, 6.45) is 0.507. The van der Waals surface area contributed by atoms with Crippen molar-refractivity contribution in [1.82, 2.24) is 4.57 Å². The molecule has 0 saturated carbocycles. The van der Waals surface area contributed by atoms with Crippen LogP contribution >= 0.6 is 0 Å². The maximum Gasteiger partial charge on any atom is 0.309 e. The molecule has 2 rings (SSSR count). The zero-order valence-corrected chi connectivity index (χ0v) is 12.4. The minimum Gasteiger partial charge on any atom is -0.497 e. The molecule has 0 aliphatic carbocycles. The molecule has 1 heterocycles. The Balaban J connectivity index is 2.51. The molecule has 108 valence electrons. The molecule has 0 radical (unpaired) electrons. The van der Waals surface area contributed by atoms with Gasteiger partial charge in [-0.15, -0.1) is 0 Å². The van der Waals surface area contributed by atoms with Crippen molar-refractivity contribution in [3.63, 3.8) is 0 Å². The zero-order valence-electron chi connectivity index (χ0n) is 12.4. The highest BCUT2D eigenvalue weighted by atomic mass is 16.5. The molecule has 2 aromatic rings. The van der Waals surface area contributed by atoms with Crippen molar-refractivity contribution >= 4 is 16.9 Å². The molecular weight excluding hydrogens is 254 g/mol.